The molecule has 4 heterocycles. The number of ether oxygens (including phenoxy) is 1. The maximum atomic E-state index is 13.2. The van der Waals surface area contributed by atoms with Crippen molar-refractivity contribution >= 4 is 5.91 Å². The molecule has 3 saturated heterocycles. The molecule has 4 fully saturated rings. The molecular formula is C21H33N3O2. The highest BCUT2D eigenvalue weighted by Gasteiger charge is 2.61. The molecule has 1 saturated carbocycles. The van der Waals surface area contributed by atoms with Gasteiger partial charge in [0.15, 0.2) is 0 Å². The van der Waals surface area contributed by atoms with E-state index in [1.165, 1.54) is 5.56 Å². The monoisotopic (exact) mass is 359 g/mol. The Morgan fingerprint density at radius 2 is 1.92 bits per heavy atom. The molecule has 1 aromatic rings. The zero-order valence-corrected chi connectivity index (χ0v) is 16.8. The van der Waals surface area contributed by atoms with Crippen LogP contribution in [0.15, 0.2) is 12.4 Å². The van der Waals surface area contributed by atoms with Crippen molar-refractivity contribution in [2.24, 2.45) is 11.3 Å². The van der Waals surface area contributed by atoms with Crippen molar-refractivity contribution in [3.8, 4) is 0 Å². The average Bonchev–Trinajstić information content (AvgIpc) is 3.02. The Morgan fingerprint density at radius 3 is 2.54 bits per heavy atom. The molecule has 5 nitrogen and oxygen atoms in total. The Bertz CT molecular complexity index is 679. The summed E-state index contributed by atoms with van der Waals surface area (Å²) < 4.78 is 7.98. The molecule has 144 valence electrons. The number of carbonyl (C=O) groups is 1. The first-order valence-electron chi connectivity index (χ1n) is 10.2. The summed E-state index contributed by atoms with van der Waals surface area (Å²) >= 11 is 0. The zero-order chi connectivity index (χ0) is 18.6. The van der Waals surface area contributed by atoms with Crippen molar-refractivity contribution in [1.82, 2.24) is 14.7 Å². The Balaban J connectivity index is 1.39. The first-order chi connectivity index (χ1) is 12.2. The van der Waals surface area contributed by atoms with Crippen LogP contribution in [0.5, 0.6) is 0 Å². The zero-order valence-electron chi connectivity index (χ0n) is 16.8. The van der Waals surface area contributed by atoms with E-state index in [0.29, 0.717) is 11.8 Å². The third-order valence-electron chi connectivity index (χ3n) is 6.87. The second-order valence-electron chi connectivity index (χ2n) is 9.86. The Morgan fingerprint density at radius 1 is 1.23 bits per heavy atom. The van der Waals surface area contributed by atoms with Crippen molar-refractivity contribution in [2.75, 3.05) is 19.7 Å². The molecule has 1 amide bonds. The van der Waals surface area contributed by atoms with Crippen LogP contribution in [0.1, 0.15) is 65.4 Å². The van der Waals surface area contributed by atoms with Crippen LogP contribution in [-0.4, -0.2) is 45.9 Å². The van der Waals surface area contributed by atoms with E-state index in [0.717, 1.165) is 58.2 Å². The van der Waals surface area contributed by atoms with Crippen LogP contribution in [0.3, 0.4) is 0 Å². The third-order valence-corrected chi connectivity index (χ3v) is 6.87. The van der Waals surface area contributed by atoms with Gasteiger partial charge in [-0.25, -0.2) is 0 Å². The lowest BCUT2D eigenvalue weighted by atomic mass is 9.55. The van der Waals surface area contributed by atoms with Crippen molar-refractivity contribution in [3.05, 3.63) is 18.0 Å². The van der Waals surface area contributed by atoms with Gasteiger partial charge in [-0.05, 0) is 63.9 Å². The highest BCUT2D eigenvalue weighted by atomic mass is 16.5. The predicted octanol–water partition coefficient (Wildman–Crippen LogP) is 3.38. The summed E-state index contributed by atoms with van der Waals surface area (Å²) in [4.78, 5) is 15.3. The number of carbonyl (C=O) groups excluding carboxylic acids is 1. The molecule has 4 aliphatic rings. The van der Waals surface area contributed by atoms with Gasteiger partial charge < -0.3 is 9.64 Å². The number of nitrogens with zero attached hydrogens (tertiary/aromatic N) is 3. The summed E-state index contributed by atoms with van der Waals surface area (Å²) in [6, 6.07) is 0. The van der Waals surface area contributed by atoms with Crippen LogP contribution >= 0.6 is 0 Å². The van der Waals surface area contributed by atoms with Crippen molar-refractivity contribution in [3.63, 3.8) is 0 Å². The number of aromatic nitrogens is 2. The Labute approximate surface area is 157 Å². The van der Waals surface area contributed by atoms with Crippen molar-refractivity contribution in [2.45, 2.75) is 77.4 Å². The molecule has 0 radical (unpaired) electrons. The van der Waals surface area contributed by atoms with Crippen LogP contribution in [0.2, 0.25) is 0 Å². The summed E-state index contributed by atoms with van der Waals surface area (Å²) in [6.07, 6.45) is 9.97. The third kappa shape index (κ3) is 2.98. The minimum absolute atomic E-state index is 0.0213. The summed E-state index contributed by atoms with van der Waals surface area (Å²) in [7, 11) is 0. The molecule has 1 aliphatic carbocycles. The van der Waals surface area contributed by atoms with Gasteiger partial charge in [-0.1, -0.05) is 13.8 Å². The van der Waals surface area contributed by atoms with Gasteiger partial charge in [0.25, 0.3) is 0 Å². The van der Waals surface area contributed by atoms with Gasteiger partial charge in [-0.2, -0.15) is 5.10 Å². The van der Waals surface area contributed by atoms with Gasteiger partial charge in [-0.15, -0.1) is 0 Å². The number of amides is 1. The first-order valence-corrected chi connectivity index (χ1v) is 10.2. The highest BCUT2D eigenvalue weighted by molar-refractivity contribution is 5.84. The lowest BCUT2D eigenvalue weighted by molar-refractivity contribution is -0.221. The van der Waals surface area contributed by atoms with E-state index in [4.69, 9.17) is 4.74 Å². The summed E-state index contributed by atoms with van der Waals surface area (Å²) in [6.45, 7) is 11.3. The number of likely N-dealkylation sites (tertiary alicyclic amines) is 1. The molecule has 2 bridgehead atoms. The molecule has 5 rings (SSSR count). The van der Waals surface area contributed by atoms with Gasteiger partial charge in [0, 0.05) is 25.9 Å². The minimum atomic E-state index is -0.128. The molecule has 3 aliphatic heterocycles. The fourth-order valence-corrected chi connectivity index (χ4v) is 5.40. The smallest absolute Gasteiger partial charge is 0.229 e. The summed E-state index contributed by atoms with van der Waals surface area (Å²) in [5, 5.41) is 4.65. The van der Waals surface area contributed by atoms with Crippen molar-refractivity contribution < 1.29 is 9.53 Å². The number of fused-ring (bicyclic) bond motifs is 2. The Kier molecular flexibility index (Phi) is 4.22. The number of hydrogen-bond donors (Lipinski definition) is 0. The Hall–Kier alpha value is -1.36. The molecule has 26 heavy (non-hydrogen) atoms. The maximum Gasteiger partial charge on any atom is 0.229 e. The standard InChI is InChI=1S/C21H33N3O2/c1-16(2)11-17-12-22-24(13-17)19(3)5-8-23(9-6-19)18(25)21-7-10-26-20(4,14-21)15-21/h12-13,16H,5-11,14-15H2,1-4H3. The van der Waals surface area contributed by atoms with Gasteiger partial charge >= 0.3 is 0 Å². The van der Waals surface area contributed by atoms with E-state index in [1.807, 2.05) is 6.20 Å². The number of hydrogen-bond acceptors (Lipinski definition) is 3. The van der Waals surface area contributed by atoms with E-state index in [-0.39, 0.29) is 16.6 Å². The fraction of sp³-hybridized carbons (Fsp3) is 0.810. The lowest BCUT2D eigenvalue weighted by Gasteiger charge is -2.59. The van der Waals surface area contributed by atoms with Gasteiger partial charge in [0.05, 0.1) is 22.8 Å². The van der Waals surface area contributed by atoms with Gasteiger partial charge in [0.2, 0.25) is 5.91 Å². The van der Waals surface area contributed by atoms with Crippen LogP contribution in [0, 0.1) is 11.3 Å². The summed E-state index contributed by atoms with van der Waals surface area (Å²) in [5.41, 5.74) is 1.17. The lowest BCUT2D eigenvalue weighted by Crippen LogP contribution is -2.64. The molecule has 1 aromatic heterocycles. The second-order valence-corrected chi connectivity index (χ2v) is 9.86. The van der Waals surface area contributed by atoms with Crippen molar-refractivity contribution in [1.29, 1.82) is 0 Å². The normalized spacial score (nSPS) is 33.2. The van der Waals surface area contributed by atoms with Gasteiger partial charge in [0.1, 0.15) is 0 Å². The average molecular weight is 360 g/mol. The fourth-order valence-electron chi connectivity index (χ4n) is 5.40. The predicted molar refractivity (Wildman–Crippen MR) is 101 cm³/mol. The van der Waals surface area contributed by atoms with E-state index in [2.05, 4.69) is 48.6 Å². The minimum Gasteiger partial charge on any atom is -0.375 e. The molecule has 0 unspecified atom stereocenters. The highest BCUT2D eigenvalue weighted by Crippen LogP contribution is 2.57. The molecule has 5 heteroatoms. The molecule has 0 N–H and O–H groups in total. The van der Waals surface area contributed by atoms with E-state index in [1.54, 1.807) is 0 Å². The topological polar surface area (TPSA) is 47.4 Å². The molecule has 0 aromatic carbocycles. The first kappa shape index (κ1) is 18.0. The quantitative estimate of drug-likeness (QED) is 0.828. The number of rotatable bonds is 4. The van der Waals surface area contributed by atoms with Crippen LogP contribution < -0.4 is 0 Å². The van der Waals surface area contributed by atoms with E-state index < -0.39 is 0 Å². The maximum absolute atomic E-state index is 13.2. The summed E-state index contributed by atoms with van der Waals surface area (Å²) in [5.74, 6) is 1.02. The molecular weight excluding hydrogens is 326 g/mol. The van der Waals surface area contributed by atoms with E-state index in [9.17, 15) is 4.79 Å². The second kappa shape index (κ2) is 6.08. The largest absolute Gasteiger partial charge is 0.375 e. The molecule has 0 spiro atoms. The van der Waals surface area contributed by atoms with Gasteiger partial charge in [-0.3, -0.25) is 9.48 Å². The van der Waals surface area contributed by atoms with Crippen LogP contribution in [0.4, 0.5) is 0 Å². The molecule has 0 atom stereocenters. The van der Waals surface area contributed by atoms with E-state index >= 15 is 0 Å². The van der Waals surface area contributed by atoms with Crippen LogP contribution in [-0.2, 0) is 21.5 Å². The van der Waals surface area contributed by atoms with Crippen LogP contribution in [0.25, 0.3) is 0 Å². The number of piperidine rings is 1. The SMILES string of the molecule is CC(C)Cc1cnn(C2(C)CCN(C(=O)C34CCOC(C)(C3)C4)CC2)c1.